The van der Waals surface area contributed by atoms with Gasteiger partial charge < -0.3 is 54.2 Å². The van der Waals surface area contributed by atoms with Crippen LogP contribution in [0.25, 0.3) is 0 Å². The lowest BCUT2D eigenvalue weighted by Crippen LogP contribution is -2.62. The van der Waals surface area contributed by atoms with E-state index in [1.54, 1.807) is 38.1 Å². The molecule has 0 aromatic heterocycles. The number of esters is 3. The van der Waals surface area contributed by atoms with Crippen molar-refractivity contribution < 1.29 is 62.9 Å². The Morgan fingerprint density at radius 1 is 1.04 bits per heavy atom. The second-order valence-electron chi connectivity index (χ2n) is 14.3. The van der Waals surface area contributed by atoms with Crippen molar-refractivity contribution in [3.05, 3.63) is 53.6 Å². The number of carbonyl (C=O) groups is 3. The third-order valence-corrected chi connectivity index (χ3v) is 9.92. The summed E-state index contributed by atoms with van der Waals surface area (Å²) in [6, 6.07) is 6.11. The van der Waals surface area contributed by atoms with Crippen LogP contribution in [0.4, 0.5) is 5.69 Å². The summed E-state index contributed by atoms with van der Waals surface area (Å²) >= 11 is 0. The summed E-state index contributed by atoms with van der Waals surface area (Å²) in [7, 11) is 1.19. The van der Waals surface area contributed by atoms with Crippen molar-refractivity contribution in [3.8, 4) is 0 Å². The van der Waals surface area contributed by atoms with E-state index in [0.717, 1.165) is 25.3 Å². The van der Waals surface area contributed by atoms with Crippen molar-refractivity contribution in [2.75, 3.05) is 26.1 Å². The Morgan fingerprint density at radius 3 is 2.51 bits per heavy atom. The van der Waals surface area contributed by atoms with Crippen molar-refractivity contribution in [3.63, 3.8) is 0 Å². The van der Waals surface area contributed by atoms with E-state index in [-0.39, 0.29) is 55.1 Å². The van der Waals surface area contributed by atoms with Gasteiger partial charge >= 0.3 is 17.9 Å². The number of nitrogens with two attached hydrogens (primary N) is 1. The molecule has 1 aromatic rings. The zero-order valence-electron chi connectivity index (χ0n) is 29.4. The van der Waals surface area contributed by atoms with Gasteiger partial charge in [-0.2, -0.15) is 0 Å². The molecule has 4 heterocycles. The Hall–Kier alpha value is -3.37. The molecule has 282 valence electrons. The Labute approximate surface area is 297 Å². The molecule has 14 nitrogen and oxygen atoms in total. The summed E-state index contributed by atoms with van der Waals surface area (Å²) in [6.07, 6.45) is 2.08. The quantitative estimate of drug-likeness (QED) is 0.116. The van der Waals surface area contributed by atoms with Crippen LogP contribution in [0, 0.1) is 5.41 Å². The molecule has 0 spiro atoms. The summed E-state index contributed by atoms with van der Waals surface area (Å²) in [6.45, 7) is 3.17. The number of fused-ring (bicyclic) bond motifs is 6. The van der Waals surface area contributed by atoms with E-state index in [4.69, 9.17) is 38.9 Å². The molecule has 5 rings (SSSR count). The number of nitrogen functional groups attached to an aromatic ring is 1. The number of hydrogen-bond acceptors (Lipinski definition) is 14. The second kappa shape index (κ2) is 17.0. The summed E-state index contributed by atoms with van der Waals surface area (Å²) in [4.78, 5) is 39.2. The SMILES string of the molecule is COC(=O)/C=C1\CC2CC(CO)OC(=O)C[C@H](O)C[C@@H]3CCC[C@H](C[C@@H]4CCO[C@H](/C=C/C(C)(C)[C@](O)(O2)[C@H]1OC(=O)c1cccc(N)c1)O4)O3. The molecule has 2 unspecified atom stereocenters. The zero-order chi connectivity index (χ0) is 36.8. The number of aliphatic hydroxyl groups is 3. The maximum Gasteiger partial charge on any atom is 0.339 e. The molecule has 5 N–H and O–H groups in total. The number of carbonyl (C=O) groups excluding carboxylic acids is 3. The summed E-state index contributed by atoms with van der Waals surface area (Å²) in [5.41, 5.74) is 5.14. The van der Waals surface area contributed by atoms with Crippen LogP contribution in [-0.4, -0.2) is 108 Å². The van der Waals surface area contributed by atoms with Gasteiger partial charge in [0.25, 0.3) is 0 Å². The highest BCUT2D eigenvalue weighted by Gasteiger charge is 2.57. The fraction of sp³-hybridized carbons (Fsp3) is 0.649. The van der Waals surface area contributed by atoms with E-state index in [1.807, 2.05) is 0 Å². The van der Waals surface area contributed by atoms with E-state index >= 15 is 0 Å². The standard InChI is InChI=1S/C37H51NO13/c1-36(2)12-10-33-46-13-11-28(49-33)19-27-9-5-8-26(47-27)17-25(40)18-32(42)48-30(21-39)20-29-15-23(16-31(41)45-3)34(37(36,44)51-29)50-35(43)22-6-4-7-24(38)14-22/h4,6-7,10,12,14,16,25-30,33-34,39-40,44H,5,8-9,11,13,15,17-21,38H2,1-3H3/b12-10+,23-16+/t25-,26+,27-,28+,29?,30?,33+,34+,37-/m1/s1. The van der Waals surface area contributed by atoms with Crippen molar-refractivity contribution in [2.45, 2.75) is 126 Å². The minimum atomic E-state index is -2.34. The first kappa shape index (κ1) is 38.9. The smallest absolute Gasteiger partial charge is 0.339 e. The van der Waals surface area contributed by atoms with Crippen LogP contribution in [0.3, 0.4) is 0 Å². The maximum atomic E-state index is 13.5. The van der Waals surface area contributed by atoms with E-state index in [2.05, 4.69) is 0 Å². The first-order valence-corrected chi connectivity index (χ1v) is 17.6. The molecule has 14 heteroatoms. The van der Waals surface area contributed by atoms with Gasteiger partial charge in [0.2, 0.25) is 5.79 Å². The van der Waals surface area contributed by atoms with Crippen LogP contribution in [0.1, 0.15) is 82.0 Å². The fourth-order valence-electron chi connectivity index (χ4n) is 7.15. The number of methoxy groups -OCH3 is 1. The van der Waals surface area contributed by atoms with E-state index < -0.39 is 66.4 Å². The largest absolute Gasteiger partial charge is 0.466 e. The first-order valence-electron chi connectivity index (χ1n) is 17.6. The predicted molar refractivity (Wildman–Crippen MR) is 181 cm³/mol. The molecule has 0 amide bonds. The topological polar surface area (TPSA) is 203 Å². The molecule has 51 heavy (non-hydrogen) atoms. The van der Waals surface area contributed by atoms with Gasteiger partial charge in [0, 0.05) is 30.0 Å². The third kappa shape index (κ3) is 9.95. The fourth-order valence-corrected chi connectivity index (χ4v) is 7.15. The van der Waals surface area contributed by atoms with Crippen LogP contribution in [0.2, 0.25) is 0 Å². The molecule has 0 saturated carbocycles. The molecule has 0 radical (unpaired) electrons. The van der Waals surface area contributed by atoms with Crippen molar-refractivity contribution in [2.24, 2.45) is 5.41 Å². The van der Waals surface area contributed by atoms with Gasteiger partial charge in [-0.3, -0.25) is 4.79 Å². The average molecular weight is 718 g/mol. The van der Waals surface area contributed by atoms with Gasteiger partial charge in [0.15, 0.2) is 12.4 Å². The summed E-state index contributed by atoms with van der Waals surface area (Å²) in [5, 5.41) is 33.7. The number of hydrogen-bond donors (Lipinski definition) is 4. The number of ether oxygens (including phenoxy) is 7. The van der Waals surface area contributed by atoms with Crippen LogP contribution >= 0.6 is 0 Å². The number of cyclic esters (lactones) is 1. The number of rotatable bonds is 4. The molecular weight excluding hydrogens is 666 g/mol. The lowest BCUT2D eigenvalue weighted by Gasteiger charge is -2.51. The van der Waals surface area contributed by atoms with Crippen LogP contribution in [0.15, 0.2) is 48.1 Å². The number of aliphatic hydroxyl groups excluding tert-OH is 2. The lowest BCUT2D eigenvalue weighted by molar-refractivity contribution is -0.324. The molecule has 4 aliphatic heterocycles. The molecule has 3 saturated heterocycles. The van der Waals surface area contributed by atoms with Crippen molar-refractivity contribution in [1.82, 2.24) is 0 Å². The Morgan fingerprint density at radius 2 is 1.78 bits per heavy atom. The average Bonchev–Trinajstić information content (AvgIpc) is 3.08. The minimum Gasteiger partial charge on any atom is -0.466 e. The Kier molecular flexibility index (Phi) is 12.9. The Balaban J connectivity index is 1.52. The first-order chi connectivity index (χ1) is 24.3. The predicted octanol–water partition coefficient (Wildman–Crippen LogP) is 2.86. The van der Waals surface area contributed by atoms with Gasteiger partial charge in [-0.05, 0) is 68.4 Å². The highest BCUT2D eigenvalue weighted by Crippen LogP contribution is 2.47. The minimum absolute atomic E-state index is 0.0700. The van der Waals surface area contributed by atoms with Gasteiger partial charge in [-0.15, -0.1) is 0 Å². The van der Waals surface area contributed by atoms with Gasteiger partial charge in [-0.25, -0.2) is 9.59 Å². The van der Waals surface area contributed by atoms with Gasteiger partial charge in [0.1, 0.15) is 6.10 Å². The molecule has 9 atom stereocenters. The number of benzene rings is 1. The third-order valence-electron chi connectivity index (χ3n) is 9.92. The lowest BCUT2D eigenvalue weighted by atomic mass is 9.74. The molecular formula is C37H51NO13. The van der Waals surface area contributed by atoms with E-state index in [0.29, 0.717) is 25.1 Å². The van der Waals surface area contributed by atoms with Gasteiger partial charge in [0.05, 0.1) is 62.8 Å². The zero-order valence-corrected chi connectivity index (χ0v) is 29.4. The second-order valence-corrected chi connectivity index (χ2v) is 14.3. The number of anilines is 1. The molecule has 0 aliphatic carbocycles. The van der Waals surface area contributed by atoms with E-state index in [1.165, 1.54) is 19.2 Å². The van der Waals surface area contributed by atoms with Crippen LogP contribution < -0.4 is 5.73 Å². The highest BCUT2D eigenvalue weighted by atomic mass is 16.7. The molecule has 3 fully saturated rings. The molecule has 4 aliphatic rings. The summed E-state index contributed by atoms with van der Waals surface area (Å²) < 4.78 is 41.3. The highest BCUT2D eigenvalue weighted by molar-refractivity contribution is 5.91. The van der Waals surface area contributed by atoms with Crippen molar-refractivity contribution in [1.29, 1.82) is 0 Å². The van der Waals surface area contributed by atoms with Crippen molar-refractivity contribution >= 4 is 23.6 Å². The summed E-state index contributed by atoms with van der Waals surface area (Å²) in [5.74, 6) is -4.67. The van der Waals surface area contributed by atoms with Crippen LogP contribution in [-0.2, 0) is 42.7 Å². The normalized spacial score (nSPS) is 36.3. The monoisotopic (exact) mass is 717 g/mol. The molecule has 1 aromatic carbocycles. The van der Waals surface area contributed by atoms with E-state index in [9.17, 15) is 29.7 Å². The molecule has 6 bridgehead atoms. The maximum absolute atomic E-state index is 13.5. The van der Waals surface area contributed by atoms with Gasteiger partial charge in [-0.1, -0.05) is 26.0 Å². The van der Waals surface area contributed by atoms with Crippen LogP contribution in [0.5, 0.6) is 0 Å². The Bertz CT molecular complexity index is 1440.